The van der Waals surface area contributed by atoms with Gasteiger partial charge in [0.2, 0.25) is 10.0 Å². The minimum atomic E-state index is -3.83. The van der Waals surface area contributed by atoms with Crippen LogP contribution < -0.4 is 9.46 Å². The minimum absolute atomic E-state index is 0.0921. The first-order valence-electron chi connectivity index (χ1n) is 11.9. The summed E-state index contributed by atoms with van der Waals surface area (Å²) >= 11 is 6.33. The van der Waals surface area contributed by atoms with Gasteiger partial charge in [-0.2, -0.15) is 0 Å². The third-order valence-corrected chi connectivity index (χ3v) is 7.63. The smallest absolute Gasteiger partial charge is 0.267 e. The largest absolute Gasteiger partial charge is 0.489 e. The zero-order valence-electron chi connectivity index (χ0n) is 20.8. The Morgan fingerprint density at radius 2 is 1.92 bits per heavy atom. The average molecular weight is 541 g/mol. The predicted octanol–water partition coefficient (Wildman–Crippen LogP) is 5.43. The number of benzene rings is 2. The summed E-state index contributed by atoms with van der Waals surface area (Å²) < 4.78 is 59.7. The second-order valence-corrected chi connectivity index (χ2v) is 12.9. The molecule has 1 saturated heterocycles. The van der Waals surface area contributed by atoms with Crippen molar-refractivity contribution < 1.29 is 26.7 Å². The summed E-state index contributed by atoms with van der Waals surface area (Å²) in [4.78, 5) is 14.6. The summed E-state index contributed by atoms with van der Waals surface area (Å²) in [5, 5.41) is 0.365. The predicted molar refractivity (Wildman–Crippen MR) is 135 cm³/mol. The Morgan fingerprint density at radius 1 is 1.22 bits per heavy atom. The van der Waals surface area contributed by atoms with Gasteiger partial charge in [-0.3, -0.25) is 9.69 Å². The molecule has 1 saturated carbocycles. The van der Waals surface area contributed by atoms with Crippen molar-refractivity contribution >= 4 is 27.5 Å². The quantitative estimate of drug-likeness (QED) is 0.507. The number of sulfonamides is 1. The van der Waals surface area contributed by atoms with Gasteiger partial charge >= 0.3 is 0 Å². The van der Waals surface area contributed by atoms with E-state index in [9.17, 15) is 22.0 Å². The number of ether oxygens (including phenoxy) is 1. The van der Waals surface area contributed by atoms with Crippen LogP contribution in [0.25, 0.3) is 0 Å². The van der Waals surface area contributed by atoms with Gasteiger partial charge < -0.3 is 4.74 Å². The maximum absolute atomic E-state index is 15.0. The molecule has 10 heteroatoms. The second-order valence-electron chi connectivity index (χ2n) is 10.7. The van der Waals surface area contributed by atoms with Crippen molar-refractivity contribution in [1.29, 1.82) is 0 Å². The monoisotopic (exact) mass is 540 g/mol. The highest BCUT2D eigenvalue weighted by atomic mass is 35.5. The number of halogens is 3. The van der Waals surface area contributed by atoms with Crippen LogP contribution >= 0.6 is 11.6 Å². The van der Waals surface area contributed by atoms with Crippen LogP contribution in [0.3, 0.4) is 0 Å². The van der Waals surface area contributed by atoms with E-state index in [-0.39, 0.29) is 34.9 Å². The number of amides is 1. The Bertz CT molecular complexity index is 1280. The molecule has 2 aliphatic rings. The SMILES string of the molecule is C[C@H](c1ccc(F)cc1Cl)N1CC(Oc2cc(F)c(C(=O)NS(C)(=O)=O)cc2C2CC2)CC(C)(C)C1. The zero-order valence-corrected chi connectivity index (χ0v) is 22.3. The van der Waals surface area contributed by atoms with Crippen LogP contribution in [-0.4, -0.2) is 44.7 Å². The van der Waals surface area contributed by atoms with Crippen LogP contribution in [-0.2, 0) is 10.0 Å². The molecule has 0 aromatic heterocycles. The minimum Gasteiger partial charge on any atom is -0.489 e. The van der Waals surface area contributed by atoms with Crippen molar-refractivity contribution in [3.63, 3.8) is 0 Å². The molecule has 2 aromatic carbocycles. The van der Waals surface area contributed by atoms with E-state index in [1.807, 2.05) is 11.6 Å². The fourth-order valence-electron chi connectivity index (χ4n) is 5.00. The molecule has 2 fully saturated rings. The van der Waals surface area contributed by atoms with Gasteiger partial charge in [0.25, 0.3) is 5.91 Å². The van der Waals surface area contributed by atoms with Crippen LogP contribution in [0.15, 0.2) is 30.3 Å². The Kier molecular flexibility index (Phi) is 7.38. The number of hydrogen-bond acceptors (Lipinski definition) is 5. The lowest BCUT2D eigenvalue weighted by Gasteiger charge is -2.45. The Hall–Kier alpha value is -2.23. The summed E-state index contributed by atoms with van der Waals surface area (Å²) in [5.74, 6) is -1.72. The fraction of sp³-hybridized carbons (Fsp3) is 0.500. The third-order valence-electron chi connectivity index (χ3n) is 6.74. The molecule has 1 unspecified atom stereocenters. The lowest BCUT2D eigenvalue weighted by Crippen LogP contribution is -2.50. The molecule has 0 radical (unpaired) electrons. The Balaban J connectivity index is 1.59. The summed E-state index contributed by atoms with van der Waals surface area (Å²) in [7, 11) is -3.83. The maximum atomic E-state index is 15.0. The van der Waals surface area contributed by atoms with Crippen molar-refractivity contribution in [3.05, 3.63) is 63.7 Å². The lowest BCUT2D eigenvalue weighted by molar-refractivity contribution is 0.000670. The normalized spacial score (nSPS) is 21.1. The summed E-state index contributed by atoms with van der Waals surface area (Å²) in [6.07, 6.45) is 3.09. The molecule has 6 nitrogen and oxygen atoms in total. The van der Waals surface area contributed by atoms with Crippen molar-refractivity contribution in [3.8, 4) is 5.75 Å². The molecule has 1 aliphatic carbocycles. The van der Waals surface area contributed by atoms with Crippen LogP contribution in [0.2, 0.25) is 5.02 Å². The lowest BCUT2D eigenvalue weighted by atomic mass is 9.81. The van der Waals surface area contributed by atoms with Crippen molar-refractivity contribution in [2.24, 2.45) is 5.41 Å². The first-order valence-corrected chi connectivity index (χ1v) is 14.2. The first-order chi connectivity index (χ1) is 16.7. The van der Waals surface area contributed by atoms with Gasteiger partial charge in [0.05, 0.1) is 11.8 Å². The zero-order chi connectivity index (χ0) is 26.4. The first kappa shape index (κ1) is 26.8. The van der Waals surface area contributed by atoms with Crippen LogP contribution in [0, 0.1) is 17.0 Å². The molecule has 36 heavy (non-hydrogen) atoms. The molecule has 1 amide bonds. The van der Waals surface area contributed by atoms with E-state index in [0.29, 0.717) is 22.9 Å². The molecule has 1 heterocycles. The van der Waals surface area contributed by atoms with E-state index in [2.05, 4.69) is 18.7 Å². The summed E-state index contributed by atoms with van der Waals surface area (Å²) in [6, 6.07) is 6.91. The van der Waals surface area contributed by atoms with Gasteiger partial charge in [0, 0.05) is 30.2 Å². The number of carbonyl (C=O) groups excluding carboxylic acids is 1. The fourth-order valence-corrected chi connectivity index (χ4v) is 5.77. The maximum Gasteiger partial charge on any atom is 0.267 e. The van der Waals surface area contributed by atoms with Gasteiger partial charge in [0.15, 0.2) is 0 Å². The van der Waals surface area contributed by atoms with Gasteiger partial charge in [0.1, 0.15) is 23.5 Å². The highest BCUT2D eigenvalue weighted by molar-refractivity contribution is 7.89. The van der Waals surface area contributed by atoms with Crippen molar-refractivity contribution in [2.45, 2.75) is 58.1 Å². The number of nitrogens with one attached hydrogen (secondary N) is 1. The van der Waals surface area contributed by atoms with Crippen LogP contribution in [0.4, 0.5) is 8.78 Å². The Labute approximate surface area is 216 Å². The highest BCUT2D eigenvalue weighted by Crippen LogP contribution is 2.46. The highest BCUT2D eigenvalue weighted by Gasteiger charge is 2.38. The molecular weight excluding hydrogens is 510 g/mol. The van der Waals surface area contributed by atoms with E-state index in [0.717, 1.165) is 37.6 Å². The van der Waals surface area contributed by atoms with Gasteiger partial charge in [-0.15, -0.1) is 0 Å². The molecule has 196 valence electrons. The van der Waals surface area contributed by atoms with Crippen molar-refractivity contribution in [2.75, 3.05) is 19.3 Å². The molecule has 2 atom stereocenters. The molecular formula is C26H31ClF2N2O4S. The molecule has 2 aromatic rings. The number of carbonyl (C=O) groups is 1. The molecule has 4 rings (SSSR count). The van der Waals surface area contributed by atoms with Gasteiger partial charge in [-0.25, -0.2) is 21.9 Å². The number of nitrogens with zero attached hydrogens (tertiary/aromatic N) is 1. The van der Waals surface area contributed by atoms with E-state index < -0.39 is 21.7 Å². The molecule has 0 spiro atoms. The summed E-state index contributed by atoms with van der Waals surface area (Å²) in [6.45, 7) is 7.61. The van der Waals surface area contributed by atoms with Crippen LogP contribution in [0.5, 0.6) is 5.75 Å². The number of rotatable bonds is 7. The molecule has 1 aliphatic heterocycles. The van der Waals surface area contributed by atoms with Crippen molar-refractivity contribution in [1.82, 2.24) is 9.62 Å². The topological polar surface area (TPSA) is 75.7 Å². The van der Waals surface area contributed by atoms with Gasteiger partial charge in [-0.05, 0) is 66.8 Å². The number of piperidine rings is 1. The number of likely N-dealkylation sites (tertiary alicyclic amines) is 1. The molecule has 0 bridgehead atoms. The van der Waals surface area contributed by atoms with E-state index in [4.69, 9.17) is 16.3 Å². The van der Waals surface area contributed by atoms with E-state index >= 15 is 0 Å². The summed E-state index contributed by atoms with van der Waals surface area (Å²) in [5.41, 5.74) is 1.09. The van der Waals surface area contributed by atoms with Gasteiger partial charge in [-0.1, -0.05) is 31.5 Å². The van der Waals surface area contributed by atoms with Crippen LogP contribution in [0.1, 0.15) is 73.5 Å². The van der Waals surface area contributed by atoms with E-state index in [1.165, 1.54) is 24.3 Å². The third kappa shape index (κ3) is 6.36. The average Bonchev–Trinajstić information content (AvgIpc) is 3.56. The number of hydrogen-bond donors (Lipinski definition) is 1. The second kappa shape index (κ2) is 9.91. The standard InChI is InChI=1S/C26H31ClF2N2O4S/c1-15(19-8-7-17(28)9-22(19)27)31-13-18(12-26(2,3)14-31)35-24-11-23(29)21(10-20(24)16-5-6-16)25(32)30-36(4,33)34/h7-11,15-16,18H,5-6,12-14H2,1-4H3,(H,30,32)/t15-,18?/m1/s1. The Morgan fingerprint density at radius 3 is 2.53 bits per heavy atom. The van der Waals surface area contributed by atoms with E-state index in [1.54, 1.807) is 6.07 Å². The molecule has 1 N–H and O–H groups in total.